The number of nitrogens with zero attached hydrogens (tertiary/aromatic N) is 1. The van der Waals surface area contributed by atoms with E-state index in [9.17, 15) is 15.3 Å². The van der Waals surface area contributed by atoms with Crippen LogP contribution in [0.5, 0.6) is 0 Å². The summed E-state index contributed by atoms with van der Waals surface area (Å²) in [5.74, 6) is 11.9. The van der Waals surface area contributed by atoms with E-state index in [0.717, 1.165) is 103 Å². The number of aliphatic hydroxyl groups is 3. The molecule has 0 aromatic carbocycles. The maximum Gasteiger partial charge on any atom is 0.160 e. The van der Waals surface area contributed by atoms with E-state index in [2.05, 4.69) is 108 Å². The van der Waals surface area contributed by atoms with Gasteiger partial charge in [0.05, 0.1) is 43.4 Å². The van der Waals surface area contributed by atoms with Crippen LogP contribution in [0.25, 0.3) is 0 Å². The molecule has 8 nitrogen and oxygen atoms in total. The second-order valence-electron chi connectivity index (χ2n) is 31.3. The molecule has 8 heteroatoms. The molecular weight excluding hydrogens is 1010 g/mol. The SMILES string of the molecule is CC#N.CC(C)CCCC(C)[C@H]1CCC2C3CC=C4C[C@@H](O)CC[C@]4(C)C3CC[C@@]21C.CC[C@H]1OC=C[C@@H](C)[C@@H]1C.CO[C@@H]1CC(OC2CC[C@@]3(C)C(=CCC4C3CC[C@@]3(C)C4CC[C@@H]3C(C)CCCC(C)C)C2)O[C@H](CCO)[C@H]1CO. The Morgan fingerprint density at radius 1 is 0.695 bits per heavy atom. The highest BCUT2D eigenvalue weighted by atomic mass is 16.7. The number of aliphatic hydroxyl groups excluding tert-OH is 3. The van der Waals surface area contributed by atoms with Crippen molar-refractivity contribution < 1.29 is 34.3 Å². The molecule has 2 heterocycles. The van der Waals surface area contributed by atoms with Gasteiger partial charge in [-0.2, -0.15) is 5.26 Å². The van der Waals surface area contributed by atoms with Crippen molar-refractivity contribution in [1.29, 1.82) is 5.26 Å². The van der Waals surface area contributed by atoms with Crippen LogP contribution in [0, 0.1) is 122 Å². The summed E-state index contributed by atoms with van der Waals surface area (Å²) in [7, 11) is 1.70. The lowest BCUT2D eigenvalue weighted by Crippen LogP contribution is -2.52. The van der Waals surface area contributed by atoms with Crippen LogP contribution >= 0.6 is 0 Å². The number of hydrogen-bond donors (Lipinski definition) is 3. The lowest BCUT2D eigenvalue weighted by molar-refractivity contribution is -0.263. The molecule has 1 saturated heterocycles. The van der Waals surface area contributed by atoms with Crippen LogP contribution in [0.3, 0.4) is 0 Å². The van der Waals surface area contributed by atoms with Gasteiger partial charge in [-0.15, -0.1) is 0 Å². The molecule has 10 rings (SSSR count). The van der Waals surface area contributed by atoms with E-state index in [4.69, 9.17) is 24.2 Å². The lowest BCUT2D eigenvalue weighted by atomic mass is 9.47. The van der Waals surface area contributed by atoms with E-state index in [-0.39, 0.29) is 49.8 Å². The standard InChI is InChI=1S/C36H62O5.C27H46O.C9H16O.C2H3N/c1-23(2)8-7-9-24(3)29-12-13-30-27-11-10-25-20-26(14-17-35(25,4)31(27)15-18-36(29,30)5)40-34-21-33(39-6)28(22-38)32(41-34)16-19-37;1-18(2)7-6-8-19(3)23-11-12-24-22-10-9-20-17-21(28)13-15-26(20,4)25(22)14-16-27(23,24)5;1-4-9-8(3)7(2)5-6-10-9;1-2-3/h10,23-24,26-34,37-38H,7-9,11-22H2,1-6H3;9,18-19,21-25,28H,6-8,10-17H2,1-5H3;5-9H,4H2,1-3H3;1H3/t24?,26?,27?,28-,29-,30?,31?,32-,33-,34?,35+,36-;19?,21-,22?,23+,24?,25?,26-,27+;7-,8+,9-;/m101./s1. The minimum absolute atomic E-state index is 0.00491. The highest BCUT2D eigenvalue weighted by molar-refractivity contribution is 5.27. The van der Waals surface area contributed by atoms with Gasteiger partial charge in [0.15, 0.2) is 6.29 Å². The Hall–Kier alpha value is -1.73. The third kappa shape index (κ3) is 14.9. The van der Waals surface area contributed by atoms with Crippen LogP contribution in [0.4, 0.5) is 0 Å². The van der Waals surface area contributed by atoms with Crippen molar-refractivity contribution in [2.45, 2.75) is 294 Å². The maximum atomic E-state index is 10.2. The van der Waals surface area contributed by atoms with Gasteiger partial charge in [0.25, 0.3) is 0 Å². The van der Waals surface area contributed by atoms with Crippen molar-refractivity contribution in [3.8, 4) is 6.07 Å². The molecule has 10 unspecified atom stereocenters. The lowest BCUT2D eigenvalue weighted by Gasteiger charge is -2.58. The number of ether oxygens (including phenoxy) is 4. The Morgan fingerprint density at radius 2 is 1.22 bits per heavy atom. The van der Waals surface area contributed by atoms with Gasteiger partial charge in [-0.1, -0.05) is 152 Å². The van der Waals surface area contributed by atoms with Gasteiger partial charge in [-0.05, 0) is 226 Å². The van der Waals surface area contributed by atoms with Gasteiger partial charge < -0.3 is 34.3 Å². The molecule has 470 valence electrons. The van der Waals surface area contributed by atoms with E-state index in [1.807, 2.05) is 6.26 Å². The number of fused-ring (bicyclic) bond motifs is 10. The third-order valence-electron chi connectivity index (χ3n) is 26.0. The van der Waals surface area contributed by atoms with Crippen LogP contribution in [-0.4, -0.2) is 72.5 Å². The quantitative estimate of drug-likeness (QED) is 0.123. The molecule has 0 spiro atoms. The average Bonchev–Trinajstić information content (AvgIpc) is 2.83. The van der Waals surface area contributed by atoms with Crippen LogP contribution in [0.2, 0.25) is 0 Å². The summed E-state index contributed by atoms with van der Waals surface area (Å²) in [6.45, 7) is 33.3. The van der Waals surface area contributed by atoms with Gasteiger partial charge >= 0.3 is 0 Å². The molecule has 8 aliphatic carbocycles. The normalized spacial score (nSPS) is 43.3. The van der Waals surface area contributed by atoms with Crippen LogP contribution in [-0.2, 0) is 18.9 Å². The summed E-state index contributed by atoms with van der Waals surface area (Å²) >= 11 is 0. The fourth-order valence-corrected chi connectivity index (χ4v) is 21.0. The van der Waals surface area contributed by atoms with E-state index in [1.54, 1.807) is 24.3 Å². The fourth-order valence-electron chi connectivity index (χ4n) is 21.0. The first-order valence-corrected chi connectivity index (χ1v) is 34.8. The first kappa shape index (κ1) is 67.8. The molecule has 10 aliphatic rings. The average molecular weight is 1140 g/mol. The molecular formula is C74H127NO7. The zero-order valence-corrected chi connectivity index (χ0v) is 55.4. The molecule has 0 aromatic rings. The Kier molecular flexibility index (Phi) is 24.8. The Bertz CT molecular complexity index is 2090. The van der Waals surface area contributed by atoms with Crippen molar-refractivity contribution in [3.05, 3.63) is 35.6 Å². The molecule has 0 bridgehead atoms. The number of rotatable bonds is 17. The predicted molar refractivity (Wildman–Crippen MR) is 337 cm³/mol. The number of nitriles is 1. The topological polar surface area (TPSA) is 121 Å². The number of hydrogen-bond acceptors (Lipinski definition) is 8. The zero-order valence-electron chi connectivity index (χ0n) is 55.4. The highest BCUT2D eigenvalue weighted by Gasteiger charge is 2.61. The monoisotopic (exact) mass is 1140 g/mol. The fraction of sp³-hybridized carbons (Fsp3) is 0.905. The Morgan fingerprint density at radius 3 is 1.70 bits per heavy atom. The predicted octanol–water partition coefficient (Wildman–Crippen LogP) is 18.0. The van der Waals surface area contributed by atoms with Crippen molar-refractivity contribution in [2.75, 3.05) is 20.3 Å². The number of allylic oxidation sites excluding steroid dienone is 3. The van der Waals surface area contributed by atoms with Gasteiger partial charge in [0.1, 0.15) is 6.10 Å². The highest BCUT2D eigenvalue weighted by Crippen LogP contribution is 2.69. The van der Waals surface area contributed by atoms with E-state index in [0.29, 0.717) is 52.4 Å². The summed E-state index contributed by atoms with van der Waals surface area (Å²) in [6, 6.07) is 1.75. The van der Waals surface area contributed by atoms with E-state index < -0.39 is 0 Å². The summed E-state index contributed by atoms with van der Waals surface area (Å²) in [5, 5.41) is 37.0. The van der Waals surface area contributed by atoms with Gasteiger partial charge in [0.2, 0.25) is 0 Å². The van der Waals surface area contributed by atoms with E-state index >= 15 is 0 Å². The summed E-state index contributed by atoms with van der Waals surface area (Å²) in [6.07, 6.45) is 40.5. The molecule has 6 saturated carbocycles. The second-order valence-corrected chi connectivity index (χ2v) is 31.3. The van der Waals surface area contributed by atoms with Gasteiger partial charge in [0, 0.05) is 33.0 Å². The van der Waals surface area contributed by atoms with Crippen molar-refractivity contribution in [1.82, 2.24) is 0 Å². The zero-order chi connectivity index (χ0) is 59.7. The minimum atomic E-state index is -0.334. The van der Waals surface area contributed by atoms with Gasteiger partial charge in [-0.3, -0.25) is 0 Å². The Labute approximate surface area is 503 Å². The van der Waals surface area contributed by atoms with E-state index in [1.165, 1.54) is 122 Å². The molecule has 7 fully saturated rings. The molecule has 23 atom stereocenters. The van der Waals surface area contributed by atoms with Crippen LogP contribution in [0.1, 0.15) is 257 Å². The minimum Gasteiger partial charge on any atom is -0.498 e. The third-order valence-corrected chi connectivity index (χ3v) is 26.0. The first-order valence-electron chi connectivity index (χ1n) is 34.8. The Balaban J connectivity index is 0.000000202. The molecule has 0 amide bonds. The maximum absolute atomic E-state index is 10.2. The van der Waals surface area contributed by atoms with Crippen molar-refractivity contribution in [3.63, 3.8) is 0 Å². The molecule has 2 aliphatic heterocycles. The smallest absolute Gasteiger partial charge is 0.160 e. The van der Waals surface area contributed by atoms with Crippen LogP contribution < -0.4 is 0 Å². The molecule has 0 radical (unpaired) electrons. The van der Waals surface area contributed by atoms with Gasteiger partial charge in [-0.25, -0.2) is 0 Å². The number of methoxy groups -OCH3 is 1. The second kappa shape index (κ2) is 30.0. The first-order chi connectivity index (χ1) is 39.1. The van der Waals surface area contributed by atoms with Crippen LogP contribution in [0.15, 0.2) is 35.6 Å². The summed E-state index contributed by atoms with van der Waals surface area (Å²) in [5.41, 5.74) is 5.10. The largest absolute Gasteiger partial charge is 0.498 e. The van der Waals surface area contributed by atoms with Crippen molar-refractivity contribution >= 4 is 0 Å². The molecule has 3 N–H and O–H groups in total. The molecule has 82 heavy (non-hydrogen) atoms. The summed E-state index contributed by atoms with van der Waals surface area (Å²) in [4.78, 5) is 0. The summed E-state index contributed by atoms with van der Waals surface area (Å²) < 4.78 is 24.1. The molecule has 0 aromatic heterocycles. The van der Waals surface area contributed by atoms with Crippen molar-refractivity contribution in [2.24, 2.45) is 110 Å².